The molecule has 0 aromatic carbocycles. The van der Waals surface area contributed by atoms with Crippen molar-refractivity contribution in [2.75, 3.05) is 12.4 Å². The minimum atomic E-state index is 0.560. The number of aromatic nitrogens is 2. The van der Waals surface area contributed by atoms with E-state index >= 15 is 0 Å². The molecule has 1 aromatic heterocycles. The van der Waals surface area contributed by atoms with Crippen LogP contribution in [0.15, 0.2) is 12.9 Å². The second-order valence-electron chi connectivity index (χ2n) is 2.08. The van der Waals surface area contributed by atoms with Gasteiger partial charge in [0.25, 0.3) is 0 Å². The standard InChI is InChI=1S/C9H9N3/c1-4-7-8(5-2)11-6-12-9(7)10-3/h2,4,6H,1H2,3H3,(H,10,11,12). The van der Waals surface area contributed by atoms with E-state index in [9.17, 15) is 0 Å². The molecule has 0 aliphatic rings. The first kappa shape index (κ1) is 8.28. The van der Waals surface area contributed by atoms with E-state index in [1.807, 2.05) is 0 Å². The van der Waals surface area contributed by atoms with Crippen molar-refractivity contribution in [2.45, 2.75) is 0 Å². The molecule has 1 N–H and O–H groups in total. The molecule has 1 rings (SSSR count). The van der Waals surface area contributed by atoms with Gasteiger partial charge in [0.15, 0.2) is 0 Å². The van der Waals surface area contributed by atoms with E-state index < -0.39 is 0 Å². The van der Waals surface area contributed by atoms with Crippen LogP contribution in [0, 0.1) is 12.3 Å². The number of rotatable bonds is 2. The number of hydrogen-bond acceptors (Lipinski definition) is 3. The lowest BCUT2D eigenvalue weighted by atomic mass is 10.2. The maximum absolute atomic E-state index is 5.23. The summed E-state index contributed by atoms with van der Waals surface area (Å²) >= 11 is 0. The van der Waals surface area contributed by atoms with Gasteiger partial charge in [-0.15, -0.1) is 6.42 Å². The zero-order valence-electron chi connectivity index (χ0n) is 6.83. The summed E-state index contributed by atoms with van der Waals surface area (Å²) < 4.78 is 0. The topological polar surface area (TPSA) is 37.8 Å². The Balaban J connectivity index is 3.34. The van der Waals surface area contributed by atoms with Gasteiger partial charge in [-0.2, -0.15) is 0 Å². The minimum Gasteiger partial charge on any atom is -0.373 e. The molecule has 0 spiro atoms. The number of anilines is 1. The summed E-state index contributed by atoms with van der Waals surface area (Å²) in [4.78, 5) is 7.91. The van der Waals surface area contributed by atoms with Crippen molar-refractivity contribution < 1.29 is 0 Å². The van der Waals surface area contributed by atoms with Gasteiger partial charge in [0.05, 0.1) is 5.56 Å². The molecular formula is C9H9N3. The van der Waals surface area contributed by atoms with Crippen molar-refractivity contribution in [3.63, 3.8) is 0 Å². The van der Waals surface area contributed by atoms with E-state index in [1.54, 1.807) is 13.1 Å². The third-order valence-corrected chi connectivity index (χ3v) is 1.46. The zero-order chi connectivity index (χ0) is 8.97. The lowest BCUT2D eigenvalue weighted by Crippen LogP contribution is -1.99. The van der Waals surface area contributed by atoms with Gasteiger partial charge in [0.2, 0.25) is 0 Å². The molecule has 0 atom stereocenters. The number of nitrogens with zero attached hydrogens (tertiary/aromatic N) is 2. The number of hydrogen-bond donors (Lipinski definition) is 1. The lowest BCUT2D eigenvalue weighted by molar-refractivity contribution is 1.13. The number of nitrogens with one attached hydrogen (secondary N) is 1. The summed E-state index contributed by atoms with van der Waals surface area (Å²) in [5.74, 6) is 3.16. The van der Waals surface area contributed by atoms with Crippen molar-refractivity contribution in [3.05, 3.63) is 24.2 Å². The van der Waals surface area contributed by atoms with Crippen LogP contribution in [0.5, 0.6) is 0 Å². The second-order valence-corrected chi connectivity index (χ2v) is 2.08. The van der Waals surface area contributed by atoms with Crippen LogP contribution in [0.25, 0.3) is 6.08 Å². The Hall–Kier alpha value is -1.82. The van der Waals surface area contributed by atoms with Crippen LogP contribution in [0.3, 0.4) is 0 Å². The van der Waals surface area contributed by atoms with Crippen LogP contribution in [0.1, 0.15) is 11.3 Å². The van der Waals surface area contributed by atoms with Crippen LogP contribution in [0.2, 0.25) is 0 Å². The molecule has 0 unspecified atom stereocenters. The quantitative estimate of drug-likeness (QED) is 0.657. The predicted molar refractivity (Wildman–Crippen MR) is 49.6 cm³/mol. The molecule has 0 bridgehead atoms. The van der Waals surface area contributed by atoms with Gasteiger partial charge in [0, 0.05) is 7.05 Å². The molecular weight excluding hydrogens is 150 g/mol. The predicted octanol–water partition coefficient (Wildman–Crippen LogP) is 1.14. The summed E-state index contributed by atoms with van der Waals surface area (Å²) in [6.45, 7) is 3.63. The molecule has 1 heterocycles. The average molecular weight is 159 g/mol. The molecule has 0 radical (unpaired) electrons. The fourth-order valence-corrected chi connectivity index (χ4v) is 0.903. The van der Waals surface area contributed by atoms with Crippen molar-refractivity contribution in [1.29, 1.82) is 0 Å². The molecule has 3 heteroatoms. The Labute approximate surface area is 71.6 Å². The van der Waals surface area contributed by atoms with Gasteiger partial charge >= 0.3 is 0 Å². The molecule has 0 fully saturated rings. The molecule has 3 nitrogen and oxygen atoms in total. The molecule has 0 aliphatic heterocycles. The van der Waals surface area contributed by atoms with Crippen LogP contribution >= 0.6 is 0 Å². The SMILES string of the molecule is C#Cc1ncnc(NC)c1C=C. The molecule has 12 heavy (non-hydrogen) atoms. The van der Waals surface area contributed by atoms with Crippen molar-refractivity contribution in [1.82, 2.24) is 9.97 Å². The third-order valence-electron chi connectivity index (χ3n) is 1.46. The van der Waals surface area contributed by atoms with Gasteiger partial charge in [-0.3, -0.25) is 0 Å². The van der Waals surface area contributed by atoms with Gasteiger partial charge < -0.3 is 5.32 Å². The highest BCUT2D eigenvalue weighted by Gasteiger charge is 2.03. The Morgan fingerprint density at radius 3 is 2.92 bits per heavy atom. The fourth-order valence-electron chi connectivity index (χ4n) is 0.903. The van der Waals surface area contributed by atoms with Crippen LogP contribution in [0.4, 0.5) is 5.82 Å². The highest BCUT2D eigenvalue weighted by molar-refractivity contribution is 5.66. The second kappa shape index (κ2) is 3.54. The highest BCUT2D eigenvalue weighted by Crippen LogP contribution is 2.14. The van der Waals surface area contributed by atoms with Crippen molar-refractivity contribution >= 4 is 11.9 Å². The Morgan fingerprint density at radius 2 is 2.42 bits per heavy atom. The molecule has 0 saturated carbocycles. The summed E-state index contributed by atoms with van der Waals surface area (Å²) in [6, 6.07) is 0. The molecule has 60 valence electrons. The Morgan fingerprint density at radius 1 is 1.67 bits per heavy atom. The molecule has 0 amide bonds. The maximum Gasteiger partial charge on any atom is 0.137 e. The van der Waals surface area contributed by atoms with E-state index in [1.165, 1.54) is 6.33 Å². The monoisotopic (exact) mass is 159 g/mol. The molecule has 1 aromatic rings. The first-order chi connectivity index (χ1) is 5.83. The molecule has 0 saturated heterocycles. The third kappa shape index (κ3) is 1.28. The van der Waals surface area contributed by atoms with Gasteiger partial charge in [-0.1, -0.05) is 12.7 Å². The normalized spacial score (nSPS) is 8.67. The van der Waals surface area contributed by atoms with E-state index in [2.05, 4.69) is 27.8 Å². The van der Waals surface area contributed by atoms with Crippen LogP contribution < -0.4 is 5.32 Å². The van der Waals surface area contributed by atoms with Crippen molar-refractivity contribution in [2.24, 2.45) is 0 Å². The Bertz CT molecular complexity index is 336. The fraction of sp³-hybridized carbons (Fsp3) is 0.111. The summed E-state index contributed by atoms with van der Waals surface area (Å²) in [5, 5.41) is 2.90. The average Bonchev–Trinajstić information content (AvgIpc) is 2.16. The zero-order valence-corrected chi connectivity index (χ0v) is 6.83. The number of terminal acetylenes is 1. The van der Waals surface area contributed by atoms with E-state index in [-0.39, 0.29) is 0 Å². The van der Waals surface area contributed by atoms with Gasteiger partial charge in [0.1, 0.15) is 17.8 Å². The van der Waals surface area contributed by atoms with Gasteiger partial charge in [-0.05, 0) is 5.92 Å². The van der Waals surface area contributed by atoms with E-state index in [0.717, 1.165) is 5.56 Å². The summed E-state index contributed by atoms with van der Waals surface area (Å²) in [6.07, 6.45) is 8.30. The molecule has 0 aliphatic carbocycles. The van der Waals surface area contributed by atoms with Crippen molar-refractivity contribution in [3.8, 4) is 12.3 Å². The maximum atomic E-state index is 5.23. The van der Waals surface area contributed by atoms with E-state index in [4.69, 9.17) is 6.42 Å². The van der Waals surface area contributed by atoms with Gasteiger partial charge in [-0.25, -0.2) is 9.97 Å². The minimum absolute atomic E-state index is 0.560. The first-order valence-electron chi connectivity index (χ1n) is 3.45. The summed E-state index contributed by atoms with van der Waals surface area (Å²) in [7, 11) is 1.77. The van der Waals surface area contributed by atoms with E-state index in [0.29, 0.717) is 11.5 Å². The summed E-state index contributed by atoms with van der Waals surface area (Å²) in [5.41, 5.74) is 1.33. The first-order valence-corrected chi connectivity index (χ1v) is 3.45. The Kier molecular flexibility index (Phi) is 2.44. The smallest absolute Gasteiger partial charge is 0.137 e. The largest absolute Gasteiger partial charge is 0.373 e. The lowest BCUT2D eigenvalue weighted by Gasteiger charge is -2.03. The van der Waals surface area contributed by atoms with Crippen LogP contribution in [-0.2, 0) is 0 Å². The highest BCUT2D eigenvalue weighted by atomic mass is 15.0. The van der Waals surface area contributed by atoms with Crippen LogP contribution in [-0.4, -0.2) is 17.0 Å².